The molecule has 0 saturated heterocycles. The molecular formula is C20H23N5O3S. The van der Waals surface area contributed by atoms with Gasteiger partial charge in [0.1, 0.15) is 0 Å². The van der Waals surface area contributed by atoms with Gasteiger partial charge in [0.2, 0.25) is 11.8 Å². The molecule has 0 aliphatic heterocycles. The topological polar surface area (TPSA) is 116 Å². The van der Waals surface area contributed by atoms with E-state index in [1.807, 2.05) is 10.6 Å². The molecule has 3 aromatic rings. The molecule has 2 aromatic heterocycles. The predicted octanol–water partition coefficient (Wildman–Crippen LogP) is 3.41. The average Bonchev–Trinajstić information content (AvgIpc) is 3.32. The summed E-state index contributed by atoms with van der Waals surface area (Å²) in [7, 11) is 0. The van der Waals surface area contributed by atoms with Crippen LogP contribution in [0.3, 0.4) is 0 Å². The van der Waals surface area contributed by atoms with Crippen LogP contribution in [0.4, 0.5) is 5.69 Å². The number of nitrogens with two attached hydrogens (primary N) is 1. The lowest BCUT2D eigenvalue weighted by Crippen LogP contribution is -2.23. The van der Waals surface area contributed by atoms with Gasteiger partial charge in [0.15, 0.2) is 16.7 Å². The van der Waals surface area contributed by atoms with Crippen LogP contribution in [0.15, 0.2) is 52.2 Å². The Hall–Kier alpha value is -3.07. The maximum Gasteiger partial charge on any atom is 0.248 e. The summed E-state index contributed by atoms with van der Waals surface area (Å²) >= 11 is 1.33. The van der Waals surface area contributed by atoms with Crippen molar-refractivity contribution >= 4 is 29.3 Å². The highest BCUT2D eigenvalue weighted by Gasteiger charge is 2.22. The van der Waals surface area contributed by atoms with Crippen molar-refractivity contribution in [2.75, 3.05) is 5.32 Å². The zero-order valence-electron chi connectivity index (χ0n) is 16.5. The van der Waals surface area contributed by atoms with Crippen LogP contribution in [0.2, 0.25) is 0 Å². The summed E-state index contributed by atoms with van der Waals surface area (Å²) < 4.78 is 7.44. The number of anilines is 1. The molecule has 9 heteroatoms. The highest BCUT2D eigenvalue weighted by molar-refractivity contribution is 8.00. The van der Waals surface area contributed by atoms with Gasteiger partial charge in [-0.3, -0.25) is 14.2 Å². The predicted molar refractivity (Wildman–Crippen MR) is 111 cm³/mol. The molecule has 0 unspecified atom stereocenters. The molecular weight excluding hydrogens is 390 g/mol. The maximum absolute atomic E-state index is 12.6. The summed E-state index contributed by atoms with van der Waals surface area (Å²) in [6, 6.07) is 10.1. The number of hydrogen-bond acceptors (Lipinski definition) is 6. The van der Waals surface area contributed by atoms with Crippen molar-refractivity contribution in [1.82, 2.24) is 14.8 Å². The van der Waals surface area contributed by atoms with Gasteiger partial charge in [-0.2, -0.15) is 0 Å². The zero-order valence-corrected chi connectivity index (χ0v) is 17.3. The molecule has 3 rings (SSSR count). The van der Waals surface area contributed by atoms with Gasteiger partial charge in [-0.1, -0.05) is 25.6 Å². The lowest BCUT2D eigenvalue weighted by Gasteiger charge is -2.14. The number of amides is 2. The molecule has 0 radical (unpaired) electrons. The van der Waals surface area contributed by atoms with E-state index in [1.54, 1.807) is 43.5 Å². The number of hydrogen-bond donors (Lipinski definition) is 2. The monoisotopic (exact) mass is 413 g/mol. The third-order valence-corrected chi connectivity index (χ3v) is 5.17. The van der Waals surface area contributed by atoms with Crippen LogP contribution in [0.25, 0.3) is 11.6 Å². The van der Waals surface area contributed by atoms with E-state index in [0.29, 0.717) is 40.5 Å². The fourth-order valence-corrected chi connectivity index (χ4v) is 3.53. The molecule has 1 aromatic carbocycles. The van der Waals surface area contributed by atoms with E-state index in [-0.39, 0.29) is 5.91 Å². The Kier molecular flexibility index (Phi) is 6.38. The van der Waals surface area contributed by atoms with E-state index in [2.05, 4.69) is 29.4 Å². The number of carbonyl (C=O) groups excluding carboxylic acids is 2. The third-order valence-electron chi connectivity index (χ3n) is 4.09. The van der Waals surface area contributed by atoms with Gasteiger partial charge in [0.25, 0.3) is 0 Å². The number of nitrogens with zero attached hydrogens (tertiary/aromatic N) is 3. The van der Waals surface area contributed by atoms with Crippen molar-refractivity contribution in [3.63, 3.8) is 0 Å². The number of thioether (sulfide) groups is 1. The summed E-state index contributed by atoms with van der Waals surface area (Å²) in [5.41, 5.74) is 6.21. The quantitative estimate of drug-likeness (QED) is 0.547. The van der Waals surface area contributed by atoms with Gasteiger partial charge < -0.3 is 15.5 Å². The van der Waals surface area contributed by atoms with E-state index in [4.69, 9.17) is 10.2 Å². The van der Waals surface area contributed by atoms with Crippen LogP contribution in [-0.2, 0) is 11.3 Å². The van der Waals surface area contributed by atoms with Gasteiger partial charge >= 0.3 is 0 Å². The molecule has 0 aliphatic carbocycles. The number of furan rings is 1. The maximum atomic E-state index is 12.6. The summed E-state index contributed by atoms with van der Waals surface area (Å²) in [5.74, 6) is 0.952. The van der Waals surface area contributed by atoms with E-state index >= 15 is 0 Å². The van der Waals surface area contributed by atoms with Crippen LogP contribution in [0.5, 0.6) is 0 Å². The standard InChI is InChI=1S/C20H23N5O3S/c1-12(2)11-25-18(16-5-4-10-28-16)23-24-20(25)29-13(3)19(27)22-15-8-6-14(7-9-15)17(21)26/h4-10,12-13H,11H2,1-3H3,(H2,21,26)(H,22,27)/t13-/m0/s1. The molecule has 0 spiro atoms. The molecule has 2 amide bonds. The second-order valence-corrected chi connectivity index (χ2v) is 8.29. The molecule has 0 fully saturated rings. The van der Waals surface area contributed by atoms with Crippen LogP contribution in [0.1, 0.15) is 31.1 Å². The van der Waals surface area contributed by atoms with E-state index < -0.39 is 11.2 Å². The minimum absolute atomic E-state index is 0.180. The number of primary amides is 1. The minimum atomic E-state index is -0.511. The second-order valence-electron chi connectivity index (χ2n) is 6.98. The largest absolute Gasteiger partial charge is 0.461 e. The van der Waals surface area contributed by atoms with Crippen molar-refractivity contribution < 1.29 is 14.0 Å². The number of aromatic nitrogens is 3. The normalized spacial score (nSPS) is 12.1. The lowest BCUT2D eigenvalue weighted by atomic mass is 10.2. The van der Waals surface area contributed by atoms with Crippen LogP contribution in [-0.4, -0.2) is 31.8 Å². The molecule has 152 valence electrons. The number of benzene rings is 1. The van der Waals surface area contributed by atoms with Crippen molar-refractivity contribution in [2.45, 2.75) is 37.7 Å². The third kappa shape index (κ3) is 5.05. The van der Waals surface area contributed by atoms with Gasteiger partial charge in [-0.25, -0.2) is 0 Å². The zero-order chi connectivity index (χ0) is 21.0. The van der Waals surface area contributed by atoms with Gasteiger partial charge in [0, 0.05) is 17.8 Å². The molecule has 0 saturated carbocycles. The van der Waals surface area contributed by atoms with Crippen molar-refractivity contribution in [3.8, 4) is 11.6 Å². The highest BCUT2D eigenvalue weighted by Crippen LogP contribution is 2.28. The number of nitrogens with one attached hydrogen (secondary N) is 1. The Morgan fingerprint density at radius 1 is 1.17 bits per heavy atom. The van der Waals surface area contributed by atoms with Crippen molar-refractivity contribution in [3.05, 3.63) is 48.2 Å². The molecule has 0 bridgehead atoms. The second kappa shape index (κ2) is 8.95. The van der Waals surface area contributed by atoms with Gasteiger partial charge in [-0.05, 0) is 49.2 Å². The summed E-state index contributed by atoms with van der Waals surface area (Å²) in [5, 5.41) is 11.6. The van der Waals surface area contributed by atoms with Gasteiger partial charge in [-0.15, -0.1) is 10.2 Å². The average molecular weight is 414 g/mol. The first kappa shape index (κ1) is 20.7. The summed E-state index contributed by atoms with van der Waals surface area (Å²) in [4.78, 5) is 23.8. The van der Waals surface area contributed by atoms with Gasteiger partial charge in [0.05, 0.1) is 11.5 Å². The first-order valence-electron chi connectivity index (χ1n) is 9.19. The molecule has 0 aliphatic rings. The Bertz CT molecular complexity index is 980. The fourth-order valence-electron chi connectivity index (χ4n) is 2.67. The lowest BCUT2D eigenvalue weighted by molar-refractivity contribution is -0.115. The molecule has 29 heavy (non-hydrogen) atoms. The fraction of sp³-hybridized carbons (Fsp3) is 0.300. The highest BCUT2D eigenvalue weighted by atomic mass is 32.2. The first-order chi connectivity index (χ1) is 13.8. The Morgan fingerprint density at radius 2 is 1.90 bits per heavy atom. The molecule has 1 atom stereocenters. The Morgan fingerprint density at radius 3 is 2.48 bits per heavy atom. The van der Waals surface area contributed by atoms with Crippen molar-refractivity contribution in [1.29, 1.82) is 0 Å². The van der Waals surface area contributed by atoms with Crippen LogP contribution >= 0.6 is 11.8 Å². The molecule has 3 N–H and O–H groups in total. The Labute approximate surface area is 172 Å². The number of carbonyl (C=O) groups is 2. The van der Waals surface area contributed by atoms with Crippen LogP contribution < -0.4 is 11.1 Å². The number of rotatable bonds is 8. The SMILES string of the molecule is CC(C)Cn1c(S[C@@H](C)C(=O)Nc2ccc(C(N)=O)cc2)nnc1-c1ccco1. The van der Waals surface area contributed by atoms with E-state index in [0.717, 1.165) is 0 Å². The van der Waals surface area contributed by atoms with Crippen LogP contribution in [0, 0.1) is 5.92 Å². The molecule has 8 nitrogen and oxygen atoms in total. The smallest absolute Gasteiger partial charge is 0.248 e. The Balaban J connectivity index is 1.73. The van der Waals surface area contributed by atoms with E-state index in [1.165, 1.54) is 11.8 Å². The van der Waals surface area contributed by atoms with Crippen molar-refractivity contribution in [2.24, 2.45) is 11.7 Å². The minimum Gasteiger partial charge on any atom is -0.461 e. The summed E-state index contributed by atoms with van der Waals surface area (Å²) in [6.07, 6.45) is 1.59. The van der Waals surface area contributed by atoms with E-state index in [9.17, 15) is 9.59 Å². The summed E-state index contributed by atoms with van der Waals surface area (Å²) in [6.45, 7) is 6.71. The first-order valence-corrected chi connectivity index (χ1v) is 10.1. The molecule has 2 heterocycles.